The number of rotatable bonds is 3. The van der Waals surface area contributed by atoms with Crippen molar-refractivity contribution < 1.29 is 14.3 Å². The second-order valence-electron chi connectivity index (χ2n) is 2.48. The van der Waals surface area contributed by atoms with Gasteiger partial charge in [-0.1, -0.05) is 0 Å². The van der Waals surface area contributed by atoms with E-state index in [4.69, 9.17) is 5.11 Å². The molecule has 1 aromatic rings. The van der Waals surface area contributed by atoms with Gasteiger partial charge in [0, 0.05) is 6.20 Å². The number of aromatic carboxylic acids is 1. The number of carbonyl (C=O) groups is 1. The van der Waals surface area contributed by atoms with Gasteiger partial charge in [-0.05, 0) is 13.0 Å². The summed E-state index contributed by atoms with van der Waals surface area (Å²) in [6, 6.07) is 1.34. The van der Waals surface area contributed by atoms with Gasteiger partial charge in [0.15, 0.2) is 0 Å². The zero-order valence-corrected chi connectivity index (χ0v) is 6.57. The average molecular weight is 172 g/mol. The summed E-state index contributed by atoms with van der Waals surface area (Å²) in [4.78, 5) is 10.5. The van der Waals surface area contributed by atoms with E-state index in [0.29, 0.717) is 0 Å². The number of hydrogen-bond donors (Lipinski definition) is 1. The number of carboxylic acids is 1. The lowest BCUT2D eigenvalue weighted by Gasteiger charge is -2.03. The molecular weight excluding hydrogens is 163 g/mol. The molecule has 0 amide bonds. The molecule has 1 atom stereocenters. The van der Waals surface area contributed by atoms with Gasteiger partial charge in [0.2, 0.25) is 0 Å². The van der Waals surface area contributed by atoms with Crippen LogP contribution >= 0.6 is 0 Å². The summed E-state index contributed by atoms with van der Waals surface area (Å²) in [5, 5.41) is 12.3. The minimum atomic E-state index is -1.09. The molecular formula is C7H9FN2O2. The first kappa shape index (κ1) is 8.70. The number of nitrogens with zero attached hydrogens (tertiary/aromatic N) is 2. The Hall–Kier alpha value is -1.39. The highest BCUT2D eigenvalue weighted by Crippen LogP contribution is 2.01. The van der Waals surface area contributed by atoms with Crippen molar-refractivity contribution in [3.63, 3.8) is 0 Å². The van der Waals surface area contributed by atoms with Crippen molar-refractivity contribution in [1.29, 1.82) is 0 Å². The van der Waals surface area contributed by atoms with E-state index in [0.717, 1.165) is 4.68 Å². The molecule has 0 bridgehead atoms. The van der Waals surface area contributed by atoms with Crippen LogP contribution in [-0.2, 0) is 6.54 Å². The fourth-order valence-electron chi connectivity index (χ4n) is 0.898. The summed E-state index contributed by atoms with van der Waals surface area (Å²) >= 11 is 0. The van der Waals surface area contributed by atoms with Crippen LogP contribution < -0.4 is 0 Å². The molecule has 0 aromatic carbocycles. The van der Waals surface area contributed by atoms with Gasteiger partial charge in [-0.15, -0.1) is 0 Å². The molecule has 12 heavy (non-hydrogen) atoms. The standard InChI is InChI=1S/C7H9FN2O2/c1-5(8)4-10-6(7(11)12)2-3-9-10/h2-3,5H,4H2,1H3,(H,11,12). The molecule has 0 aliphatic heterocycles. The molecule has 0 aliphatic carbocycles. The summed E-state index contributed by atoms with van der Waals surface area (Å²) in [7, 11) is 0. The van der Waals surface area contributed by atoms with Gasteiger partial charge in [0.1, 0.15) is 11.9 Å². The van der Waals surface area contributed by atoms with Crippen molar-refractivity contribution in [3.8, 4) is 0 Å². The molecule has 5 heteroatoms. The maximum atomic E-state index is 12.5. The first-order chi connectivity index (χ1) is 5.61. The molecule has 0 spiro atoms. The van der Waals surface area contributed by atoms with Gasteiger partial charge in [0.25, 0.3) is 0 Å². The van der Waals surface area contributed by atoms with E-state index in [-0.39, 0.29) is 12.2 Å². The Morgan fingerprint density at radius 2 is 2.58 bits per heavy atom. The Labute approximate surface area is 68.6 Å². The Balaban J connectivity index is 2.84. The molecule has 0 saturated carbocycles. The highest BCUT2D eigenvalue weighted by molar-refractivity contribution is 5.85. The summed E-state index contributed by atoms with van der Waals surface area (Å²) in [6.45, 7) is 1.34. The maximum Gasteiger partial charge on any atom is 0.354 e. The largest absolute Gasteiger partial charge is 0.477 e. The van der Waals surface area contributed by atoms with Crippen LogP contribution in [0, 0.1) is 0 Å². The smallest absolute Gasteiger partial charge is 0.354 e. The van der Waals surface area contributed by atoms with Crippen molar-refractivity contribution in [2.45, 2.75) is 19.6 Å². The highest BCUT2D eigenvalue weighted by Gasteiger charge is 2.11. The zero-order chi connectivity index (χ0) is 9.14. The SMILES string of the molecule is CC(F)Cn1nccc1C(=O)O. The lowest BCUT2D eigenvalue weighted by molar-refractivity contribution is 0.0681. The third-order valence-electron chi connectivity index (χ3n) is 1.36. The topological polar surface area (TPSA) is 55.1 Å². The van der Waals surface area contributed by atoms with Crippen molar-refractivity contribution >= 4 is 5.97 Å². The van der Waals surface area contributed by atoms with E-state index in [1.807, 2.05) is 0 Å². The van der Waals surface area contributed by atoms with E-state index in [2.05, 4.69) is 5.10 Å². The van der Waals surface area contributed by atoms with Crippen LogP contribution in [-0.4, -0.2) is 27.0 Å². The quantitative estimate of drug-likeness (QED) is 0.738. The average Bonchev–Trinajstić information content (AvgIpc) is 2.33. The molecule has 1 rings (SSSR count). The predicted molar refractivity (Wildman–Crippen MR) is 39.8 cm³/mol. The van der Waals surface area contributed by atoms with Gasteiger partial charge < -0.3 is 5.11 Å². The highest BCUT2D eigenvalue weighted by atomic mass is 19.1. The van der Waals surface area contributed by atoms with Crippen molar-refractivity contribution in [3.05, 3.63) is 18.0 Å². The lowest BCUT2D eigenvalue weighted by Crippen LogP contribution is -2.15. The van der Waals surface area contributed by atoms with Crippen LogP contribution in [0.25, 0.3) is 0 Å². The number of aromatic nitrogens is 2. The normalized spacial score (nSPS) is 12.8. The number of hydrogen-bond acceptors (Lipinski definition) is 2. The van der Waals surface area contributed by atoms with Crippen LogP contribution in [0.1, 0.15) is 17.4 Å². The third kappa shape index (κ3) is 1.81. The van der Waals surface area contributed by atoms with Crippen LogP contribution in [0.3, 0.4) is 0 Å². The van der Waals surface area contributed by atoms with Crippen molar-refractivity contribution in [2.24, 2.45) is 0 Å². The van der Waals surface area contributed by atoms with Crippen molar-refractivity contribution in [2.75, 3.05) is 0 Å². The van der Waals surface area contributed by atoms with E-state index >= 15 is 0 Å². The summed E-state index contributed by atoms with van der Waals surface area (Å²) < 4.78 is 13.6. The Kier molecular flexibility index (Phi) is 2.42. The van der Waals surface area contributed by atoms with E-state index in [1.165, 1.54) is 19.2 Å². The zero-order valence-electron chi connectivity index (χ0n) is 6.57. The van der Waals surface area contributed by atoms with Crippen molar-refractivity contribution in [1.82, 2.24) is 9.78 Å². The molecule has 1 unspecified atom stereocenters. The molecule has 66 valence electrons. The molecule has 0 aliphatic rings. The van der Waals surface area contributed by atoms with Gasteiger partial charge in [-0.2, -0.15) is 5.10 Å². The first-order valence-corrected chi connectivity index (χ1v) is 3.50. The van der Waals surface area contributed by atoms with E-state index in [1.54, 1.807) is 0 Å². The predicted octanol–water partition coefficient (Wildman–Crippen LogP) is 0.939. The molecule has 0 fully saturated rings. The maximum absolute atomic E-state index is 12.5. The minimum Gasteiger partial charge on any atom is -0.477 e. The second-order valence-corrected chi connectivity index (χ2v) is 2.48. The second kappa shape index (κ2) is 3.34. The Morgan fingerprint density at radius 1 is 1.92 bits per heavy atom. The summed E-state index contributed by atoms with van der Waals surface area (Å²) in [5.74, 6) is -1.09. The number of carboxylic acid groups (broad SMARTS) is 1. The minimum absolute atomic E-state index is 0.0134. The van der Waals surface area contributed by atoms with Gasteiger partial charge in [-0.3, -0.25) is 4.68 Å². The fraction of sp³-hybridized carbons (Fsp3) is 0.429. The molecule has 0 saturated heterocycles. The number of alkyl halides is 1. The van der Waals surface area contributed by atoms with E-state index < -0.39 is 12.1 Å². The number of halogens is 1. The summed E-state index contributed by atoms with van der Waals surface area (Å²) in [5.41, 5.74) is 0.0134. The fourth-order valence-corrected chi connectivity index (χ4v) is 0.898. The van der Waals surface area contributed by atoms with Gasteiger partial charge >= 0.3 is 5.97 Å². The van der Waals surface area contributed by atoms with Crippen LogP contribution in [0.15, 0.2) is 12.3 Å². The van der Waals surface area contributed by atoms with Crippen LogP contribution in [0.2, 0.25) is 0 Å². The van der Waals surface area contributed by atoms with E-state index in [9.17, 15) is 9.18 Å². The molecule has 4 nitrogen and oxygen atoms in total. The summed E-state index contributed by atoms with van der Waals surface area (Å²) in [6.07, 6.45) is 0.245. The molecule has 1 N–H and O–H groups in total. The lowest BCUT2D eigenvalue weighted by atomic mass is 10.4. The van der Waals surface area contributed by atoms with Crippen LogP contribution in [0.4, 0.5) is 4.39 Å². The Morgan fingerprint density at radius 3 is 3.08 bits per heavy atom. The van der Waals surface area contributed by atoms with Gasteiger partial charge in [-0.25, -0.2) is 9.18 Å². The third-order valence-corrected chi connectivity index (χ3v) is 1.36. The molecule has 1 aromatic heterocycles. The molecule has 0 radical (unpaired) electrons. The molecule has 1 heterocycles. The monoisotopic (exact) mass is 172 g/mol. The van der Waals surface area contributed by atoms with Crippen LogP contribution in [0.5, 0.6) is 0 Å². The first-order valence-electron chi connectivity index (χ1n) is 3.50. The van der Waals surface area contributed by atoms with Gasteiger partial charge in [0.05, 0.1) is 6.54 Å². The Bertz CT molecular complexity index is 283.